The number of imidazole rings is 1. The molecule has 0 bridgehead atoms. The van der Waals surface area contributed by atoms with E-state index < -0.39 is 0 Å². The van der Waals surface area contributed by atoms with Gasteiger partial charge in [-0.2, -0.15) is 4.98 Å². The first-order chi connectivity index (χ1) is 8.76. The van der Waals surface area contributed by atoms with E-state index >= 15 is 0 Å². The summed E-state index contributed by atoms with van der Waals surface area (Å²) in [6, 6.07) is 7.51. The van der Waals surface area contributed by atoms with E-state index in [9.17, 15) is 0 Å². The minimum atomic E-state index is 0.582. The van der Waals surface area contributed by atoms with Gasteiger partial charge in [0.1, 0.15) is 5.76 Å². The molecule has 0 aliphatic rings. The number of H-pyrrole nitrogens is 1. The molecule has 0 spiro atoms. The molecular formula is C13H13N3O2. The average Bonchev–Trinajstić information content (AvgIpc) is 2.94. The van der Waals surface area contributed by atoms with Crippen LogP contribution in [0.1, 0.15) is 12.7 Å². The van der Waals surface area contributed by atoms with Crippen LogP contribution < -0.4 is 4.74 Å². The summed E-state index contributed by atoms with van der Waals surface area (Å²) >= 11 is 0. The van der Waals surface area contributed by atoms with E-state index in [0.717, 1.165) is 11.3 Å². The van der Waals surface area contributed by atoms with Crippen LogP contribution in [-0.4, -0.2) is 21.6 Å². The second kappa shape index (κ2) is 4.18. The van der Waals surface area contributed by atoms with E-state index in [1.54, 1.807) is 0 Å². The molecule has 5 heteroatoms. The van der Waals surface area contributed by atoms with Gasteiger partial charge >= 0.3 is 0 Å². The Kier molecular flexibility index (Phi) is 2.51. The lowest BCUT2D eigenvalue weighted by Crippen LogP contribution is -1.93. The Hall–Kier alpha value is -2.30. The average molecular weight is 243 g/mol. The highest BCUT2D eigenvalue weighted by molar-refractivity contribution is 5.75. The smallest absolute Gasteiger partial charge is 0.215 e. The third-order valence-electron chi connectivity index (χ3n) is 2.59. The van der Waals surface area contributed by atoms with Gasteiger partial charge in [-0.15, -0.1) is 0 Å². The van der Waals surface area contributed by atoms with Gasteiger partial charge in [0.05, 0.1) is 12.1 Å². The maximum atomic E-state index is 5.52. The summed E-state index contributed by atoms with van der Waals surface area (Å²) in [6.45, 7) is 4.41. The van der Waals surface area contributed by atoms with Gasteiger partial charge in [-0.3, -0.25) is 0 Å². The van der Waals surface area contributed by atoms with Gasteiger partial charge in [0.15, 0.2) is 17.2 Å². The molecule has 3 aromatic heterocycles. The third-order valence-corrected chi connectivity index (χ3v) is 2.59. The van der Waals surface area contributed by atoms with Gasteiger partial charge in [0, 0.05) is 6.07 Å². The van der Waals surface area contributed by atoms with Crippen LogP contribution >= 0.6 is 0 Å². The number of ether oxygens (including phenoxy) is 1. The van der Waals surface area contributed by atoms with Crippen LogP contribution in [0.15, 0.2) is 28.7 Å². The van der Waals surface area contributed by atoms with Crippen molar-refractivity contribution in [1.29, 1.82) is 0 Å². The fraction of sp³-hybridized carbons (Fsp3) is 0.231. The molecule has 3 aromatic rings. The van der Waals surface area contributed by atoms with E-state index in [-0.39, 0.29) is 0 Å². The molecule has 18 heavy (non-hydrogen) atoms. The lowest BCUT2D eigenvalue weighted by atomic mass is 10.4. The Labute approximate surface area is 104 Å². The fourth-order valence-electron chi connectivity index (χ4n) is 1.78. The molecule has 0 aliphatic carbocycles. The number of rotatable bonds is 3. The normalized spacial score (nSPS) is 11.0. The van der Waals surface area contributed by atoms with E-state index in [2.05, 4.69) is 15.0 Å². The number of hydrogen-bond acceptors (Lipinski definition) is 4. The first kappa shape index (κ1) is 10.8. The van der Waals surface area contributed by atoms with Gasteiger partial charge in [-0.1, -0.05) is 0 Å². The first-order valence-electron chi connectivity index (χ1n) is 5.82. The Morgan fingerprint density at radius 1 is 1.22 bits per heavy atom. The number of nitrogens with zero attached hydrogens (tertiary/aromatic N) is 2. The number of nitrogens with one attached hydrogen (secondary N) is 1. The minimum Gasteiger partial charge on any atom is -0.478 e. The second-order valence-corrected chi connectivity index (χ2v) is 3.95. The van der Waals surface area contributed by atoms with Crippen molar-refractivity contribution in [3.63, 3.8) is 0 Å². The zero-order chi connectivity index (χ0) is 12.5. The largest absolute Gasteiger partial charge is 0.478 e. The molecule has 0 unspecified atom stereocenters. The highest BCUT2D eigenvalue weighted by Gasteiger charge is 2.10. The summed E-state index contributed by atoms with van der Waals surface area (Å²) in [5, 5.41) is 0. The molecule has 0 aromatic carbocycles. The second-order valence-electron chi connectivity index (χ2n) is 3.95. The number of pyridine rings is 1. The van der Waals surface area contributed by atoms with Crippen LogP contribution in [0.25, 0.3) is 22.7 Å². The van der Waals surface area contributed by atoms with Crippen molar-refractivity contribution in [2.24, 2.45) is 0 Å². The number of aryl methyl sites for hydroxylation is 1. The van der Waals surface area contributed by atoms with Crippen LogP contribution in [-0.2, 0) is 0 Å². The maximum absolute atomic E-state index is 5.52. The summed E-state index contributed by atoms with van der Waals surface area (Å²) in [6.07, 6.45) is 0. The van der Waals surface area contributed by atoms with Crippen molar-refractivity contribution < 1.29 is 9.15 Å². The molecule has 0 atom stereocenters. The van der Waals surface area contributed by atoms with Crippen molar-refractivity contribution in [1.82, 2.24) is 15.0 Å². The Morgan fingerprint density at radius 3 is 2.83 bits per heavy atom. The summed E-state index contributed by atoms with van der Waals surface area (Å²) in [7, 11) is 0. The van der Waals surface area contributed by atoms with Gasteiger partial charge in [0.25, 0.3) is 0 Å². The quantitative estimate of drug-likeness (QED) is 0.768. The Morgan fingerprint density at radius 2 is 2.11 bits per heavy atom. The molecule has 0 fully saturated rings. The molecule has 5 nitrogen and oxygen atoms in total. The highest BCUT2D eigenvalue weighted by Crippen LogP contribution is 2.22. The Balaban J connectivity index is 2.05. The van der Waals surface area contributed by atoms with Crippen LogP contribution in [0, 0.1) is 6.92 Å². The number of furan rings is 1. The zero-order valence-corrected chi connectivity index (χ0v) is 10.2. The van der Waals surface area contributed by atoms with Gasteiger partial charge in [0.2, 0.25) is 5.88 Å². The van der Waals surface area contributed by atoms with Gasteiger partial charge in [-0.05, 0) is 32.0 Å². The molecule has 0 amide bonds. The molecule has 0 saturated carbocycles. The SMILES string of the molecule is CCOc1ccc2[nH]c(-c3ccc(C)o3)nc2n1. The summed E-state index contributed by atoms with van der Waals surface area (Å²) in [4.78, 5) is 11.9. The van der Waals surface area contributed by atoms with Gasteiger partial charge < -0.3 is 14.1 Å². The molecule has 0 saturated heterocycles. The molecule has 0 radical (unpaired) electrons. The maximum Gasteiger partial charge on any atom is 0.215 e. The monoisotopic (exact) mass is 243 g/mol. The molecule has 3 rings (SSSR count). The van der Waals surface area contributed by atoms with Crippen LogP contribution in [0.2, 0.25) is 0 Å². The van der Waals surface area contributed by atoms with Crippen LogP contribution in [0.4, 0.5) is 0 Å². The van der Waals surface area contributed by atoms with Crippen molar-refractivity contribution in [3.8, 4) is 17.5 Å². The summed E-state index contributed by atoms with van der Waals surface area (Å²) in [5.74, 6) is 2.83. The fourth-order valence-corrected chi connectivity index (χ4v) is 1.78. The molecule has 1 N–H and O–H groups in total. The predicted molar refractivity (Wildman–Crippen MR) is 67.5 cm³/mol. The standard InChI is InChI=1S/C13H13N3O2/c1-3-17-11-7-5-9-12(15-11)16-13(14-9)10-6-4-8(2)18-10/h4-7H,3H2,1-2H3,(H,14,15,16). The molecule has 92 valence electrons. The van der Waals surface area contributed by atoms with Crippen molar-refractivity contribution in [3.05, 3.63) is 30.0 Å². The number of aromatic nitrogens is 3. The lowest BCUT2D eigenvalue weighted by molar-refractivity contribution is 0.328. The van der Waals surface area contributed by atoms with Crippen molar-refractivity contribution in [2.45, 2.75) is 13.8 Å². The summed E-state index contributed by atoms with van der Waals surface area (Å²) in [5.41, 5.74) is 1.49. The van der Waals surface area contributed by atoms with E-state index in [1.165, 1.54) is 0 Å². The number of aromatic amines is 1. The van der Waals surface area contributed by atoms with Crippen molar-refractivity contribution >= 4 is 11.2 Å². The number of hydrogen-bond donors (Lipinski definition) is 1. The Bertz CT molecular complexity index is 684. The topological polar surface area (TPSA) is 63.9 Å². The van der Waals surface area contributed by atoms with Gasteiger partial charge in [-0.25, -0.2) is 4.98 Å². The van der Waals surface area contributed by atoms with E-state index in [4.69, 9.17) is 9.15 Å². The minimum absolute atomic E-state index is 0.582. The van der Waals surface area contributed by atoms with Crippen LogP contribution in [0.3, 0.4) is 0 Å². The zero-order valence-electron chi connectivity index (χ0n) is 10.2. The number of fused-ring (bicyclic) bond motifs is 1. The summed E-state index contributed by atoms with van der Waals surface area (Å²) < 4.78 is 10.9. The van der Waals surface area contributed by atoms with Crippen molar-refractivity contribution in [2.75, 3.05) is 6.61 Å². The van der Waals surface area contributed by atoms with E-state index in [0.29, 0.717) is 29.7 Å². The van der Waals surface area contributed by atoms with Crippen LogP contribution in [0.5, 0.6) is 5.88 Å². The first-order valence-corrected chi connectivity index (χ1v) is 5.82. The highest BCUT2D eigenvalue weighted by atomic mass is 16.5. The predicted octanol–water partition coefficient (Wildman–Crippen LogP) is 2.93. The molecule has 3 heterocycles. The lowest BCUT2D eigenvalue weighted by Gasteiger charge is -1.99. The molecule has 0 aliphatic heterocycles. The molecular weight excluding hydrogens is 230 g/mol. The van der Waals surface area contributed by atoms with E-state index in [1.807, 2.05) is 38.1 Å². The third kappa shape index (κ3) is 1.84.